The number of hydrogen-bond acceptors (Lipinski definition) is 3. The van der Waals surface area contributed by atoms with Crippen molar-refractivity contribution in [2.24, 2.45) is 0 Å². The Labute approximate surface area is 157 Å². The molecule has 3 aromatic carbocycles. The minimum absolute atomic E-state index is 0.218. The third kappa shape index (κ3) is 5.10. The minimum Gasteiger partial charge on any atom is -0.273 e. The van der Waals surface area contributed by atoms with Gasteiger partial charge in [-0.1, -0.05) is 60.2 Å². The van der Waals surface area contributed by atoms with E-state index >= 15 is 0 Å². The molecule has 0 aromatic heterocycles. The van der Waals surface area contributed by atoms with Gasteiger partial charge in [-0.3, -0.25) is 20.4 Å². The van der Waals surface area contributed by atoms with E-state index in [4.69, 9.17) is 0 Å². The van der Waals surface area contributed by atoms with E-state index in [1.165, 1.54) is 17.3 Å². The summed E-state index contributed by atoms with van der Waals surface area (Å²) >= 11 is 1.43. The normalized spacial score (nSPS) is 10.5. The van der Waals surface area contributed by atoms with Crippen LogP contribution in [0.15, 0.2) is 71.6 Å². The van der Waals surface area contributed by atoms with Crippen molar-refractivity contribution in [2.75, 3.05) is 5.75 Å². The summed E-state index contributed by atoms with van der Waals surface area (Å²) in [4.78, 5) is 24.9. The zero-order valence-electron chi connectivity index (χ0n) is 14.5. The van der Waals surface area contributed by atoms with Gasteiger partial charge in [0.2, 0.25) is 11.8 Å². The fourth-order valence-electron chi connectivity index (χ4n) is 2.54. The Kier molecular flexibility index (Phi) is 5.92. The Morgan fingerprint density at radius 2 is 1.54 bits per heavy atom. The van der Waals surface area contributed by atoms with Gasteiger partial charge >= 0.3 is 0 Å². The molecular weight excluding hydrogens is 344 g/mol. The summed E-state index contributed by atoms with van der Waals surface area (Å²) in [7, 11) is 0. The highest BCUT2D eigenvalue weighted by molar-refractivity contribution is 8.00. The summed E-state index contributed by atoms with van der Waals surface area (Å²) in [5.41, 5.74) is 7.02. The fraction of sp³-hybridized carbons (Fsp3) is 0.143. The lowest BCUT2D eigenvalue weighted by atomic mass is 10.1. The number of fused-ring (bicyclic) bond motifs is 1. The molecule has 0 aliphatic heterocycles. The van der Waals surface area contributed by atoms with E-state index in [-0.39, 0.29) is 24.0 Å². The summed E-state index contributed by atoms with van der Waals surface area (Å²) in [6.07, 6.45) is 0.218. The van der Waals surface area contributed by atoms with Gasteiger partial charge in [0.25, 0.3) is 0 Å². The summed E-state index contributed by atoms with van der Waals surface area (Å²) < 4.78 is 0. The van der Waals surface area contributed by atoms with Gasteiger partial charge < -0.3 is 0 Å². The number of thioether (sulfide) groups is 1. The number of carbonyl (C=O) groups is 2. The van der Waals surface area contributed by atoms with E-state index in [1.54, 1.807) is 0 Å². The van der Waals surface area contributed by atoms with Gasteiger partial charge in [-0.2, -0.15) is 0 Å². The summed E-state index contributed by atoms with van der Waals surface area (Å²) in [6.45, 7) is 2.02. The Morgan fingerprint density at radius 1 is 0.846 bits per heavy atom. The van der Waals surface area contributed by atoms with Crippen molar-refractivity contribution >= 4 is 34.3 Å². The SMILES string of the molecule is Cc1ccc(SCC(=O)NNC(=O)Cc2ccc3ccccc3c2)cc1. The van der Waals surface area contributed by atoms with Crippen LogP contribution < -0.4 is 10.9 Å². The molecule has 26 heavy (non-hydrogen) atoms. The largest absolute Gasteiger partial charge is 0.273 e. The number of benzene rings is 3. The maximum atomic E-state index is 12.0. The van der Waals surface area contributed by atoms with Gasteiger partial charge in [0.15, 0.2) is 0 Å². The Hall–Kier alpha value is -2.79. The van der Waals surface area contributed by atoms with E-state index < -0.39 is 0 Å². The lowest BCUT2D eigenvalue weighted by Gasteiger charge is -2.08. The predicted octanol–water partition coefficient (Wildman–Crippen LogP) is 3.63. The first kappa shape index (κ1) is 18.0. The molecule has 0 radical (unpaired) electrons. The van der Waals surface area contributed by atoms with Gasteiger partial charge in [-0.25, -0.2) is 0 Å². The molecule has 0 aliphatic carbocycles. The van der Waals surface area contributed by atoms with Crippen molar-refractivity contribution in [3.05, 3.63) is 77.9 Å². The van der Waals surface area contributed by atoms with Gasteiger partial charge in [-0.05, 0) is 35.4 Å². The molecule has 0 atom stereocenters. The van der Waals surface area contributed by atoms with Crippen molar-refractivity contribution in [2.45, 2.75) is 18.2 Å². The molecule has 3 rings (SSSR count). The zero-order chi connectivity index (χ0) is 18.4. The van der Waals surface area contributed by atoms with Crippen molar-refractivity contribution < 1.29 is 9.59 Å². The number of hydrazine groups is 1. The van der Waals surface area contributed by atoms with E-state index in [1.807, 2.05) is 73.7 Å². The number of hydrogen-bond donors (Lipinski definition) is 2. The first-order valence-corrected chi connectivity index (χ1v) is 9.33. The van der Waals surface area contributed by atoms with Crippen molar-refractivity contribution in [3.8, 4) is 0 Å². The Balaban J connectivity index is 1.45. The molecule has 0 fully saturated rings. The van der Waals surface area contributed by atoms with E-state index in [2.05, 4.69) is 10.9 Å². The summed E-state index contributed by atoms with van der Waals surface area (Å²) in [5, 5.41) is 2.23. The highest BCUT2D eigenvalue weighted by Gasteiger charge is 2.07. The lowest BCUT2D eigenvalue weighted by Crippen LogP contribution is -2.43. The lowest BCUT2D eigenvalue weighted by molar-refractivity contribution is -0.127. The van der Waals surface area contributed by atoms with Crippen molar-refractivity contribution in [1.29, 1.82) is 0 Å². The molecule has 4 nitrogen and oxygen atoms in total. The third-order valence-corrected chi connectivity index (χ3v) is 4.92. The second-order valence-corrected chi connectivity index (χ2v) is 7.11. The van der Waals surface area contributed by atoms with Crippen LogP contribution in [0.25, 0.3) is 10.8 Å². The molecule has 0 saturated carbocycles. The van der Waals surface area contributed by atoms with Gasteiger partial charge in [-0.15, -0.1) is 11.8 Å². The van der Waals surface area contributed by atoms with Gasteiger partial charge in [0.05, 0.1) is 12.2 Å². The van der Waals surface area contributed by atoms with Gasteiger partial charge in [0.1, 0.15) is 0 Å². The van der Waals surface area contributed by atoms with E-state index in [0.717, 1.165) is 21.2 Å². The van der Waals surface area contributed by atoms with E-state index in [0.29, 0.717) is 0 Å². The first-order chi connectivity index (χ1) is 12.6. The average molecular weight is 364 g/mol. The molecule has 2 amide bonds. The molecule has 0 unspecified atom stereocenters. The molecule has 0 aliphatic rings. The smallest absolute Gasteiger partial charge is 0.248 e. The van der Waals surface area contributed by atoms with Crippen LogP contribution in [0.1, 0.15) is 11.1 Å². The van der Waals surface area contributed by atoms with Crippen LogP contribution in [-0.4, -0.2) is 17.6 Å². The quantitative estimate of drug-likeness (QED) is 0.537. The zero-order valence-corrected chi connectivity index (χ0v) is 15.3. The van der Waals surface area contributed by atoms with Crippen LogP contribution >= 0.6 is 11.8 Å². The number of rotatable bonds is 5. The Morgan fingerprint density at radius 3 is 2.31 bits per heavy atom. The molecule has 0 spiro atoms. The number of aryl methyl sites for hydroxylation is 1. The standard InChI is InChI=1S/C21H20N2O2S/c1-15-6-10-19(11-7-15)26-14-21(25)23-22-20(24)13-16-8-9-17-4-2-3-5-18(17)12-16/h2-12H,13-14H2,1H3,(H,22,24)(H,23,25). The molecule has 3 aromatic rings. The molecule has 2 N–H and O–H groups in total. The van der Waals surface area contributed by atoms with Gasteiger partial charge in [0, 0.05) is 4.90 Å². The number of carbonyl (C=O) groups excluding carboxylic acids is 2. The fourth-order valence-corrected chi connectivity index (χ4v) is 3.24. The van der Waals surface area contributed by atoms with Crippen LogP contribution in [0.3, 0.4) is 0 Å². The monoisotopic (exact) mass is 364 g/mol. The third-order valence-electron chi connectivity index (χ3n) is 3.91. The van der Waals surface area contributed by atoms with E-state index in [9.17, 15) is 9.59 Å². The molecule has 0 heterocycles. The topological polar surface area (TPSA) is 58.2 Å². The van der Waals surface area contributed by atoms with Crippen LogP contribution in [0.4, 0.5) is 0 Å². The first-order valence-electron chi connectivity index (χ1n) is 8.35. The maximum Gasteiger partial charge on any atom is 0.248 e. The van der Waals surface area contributed by atoms with Crippen molar-refractivity contribution in [1.82, 2.24) is 10.9 Å². The van der Waals surface area contributed by atoms with Crippen LogP contribution in [0, 0.1) is 6.92 Å². The maximum absolute atomic E-state index is 12.0. The molecule has 5 heteroatoms. The van der Waals surface area contributed by atoms with Crippen LogP contribution in [-0.2, 0) is 16.0 Å². The summed E-state index contributed by atoms with van der Waals surface area (Å²) in [6, 6.07) is 21.9. The molecular formula is C21H20N2O2S. The second kappa shape index (κ2) is 8.54. The highest BCUT2D eigenvalue weighted by atomic mass is 32.2. The average Bonchev–Trinajstić information content (AvgIpc) is 2.66. The second-order valence-electron chi connectivity index (χ2n) is 6.06. The number of nitrogens with one attached hydrogen (secondary N) is 2. The Bertz CT molecular complexity index is 923. The predicted molar refractivity (Wildman–Crippen MR) is 106 cm³/mol. The number of amides is 2. The van der Waals surface area contributed by atoms with Crippen LogP contribution in [0.2, 0.25) is 0 Å². The molecule has 0 bridgehead atoms. The molecule has 132 valence electrons. The van der Waals surface area contributed by atoms with Crippen molar-refractivity contribution in [3.63, 3.8) is 0 Å². The molecule has 0 saturated heterocycles. The minimum atomic E-state index is -0.242. The highest BCUT2D eigenvalue weighted by Crippen LogP contribution is 2.18. The summed E-state index contributed by atoms with van der Waals surface area (Å²) in [5.74, 6) is -0.226. The van der Waals surface area contributed by atoms with Crippen LogP contribution in [0.5, 0.6) is 0 Å².